The summed E-state index contributed by atoms with van der Waals surface area (Å²) in [4.78, 5) is 12.2. The quantitative estimate of drug-likeness (QED) is 0.616. The number of rotatable bonds is 10. The Kier molecular flexibility index (Phi) is 8.31. The molecule has 0 aliphatic heterocycles. The van der Waals surface area contributed by atoms with Crippen molar-refractivity contribution in [3.8, 4) is 5.75 Å². The Morgan fingerprint density at radius 3 is 2.52 bits per heavy atom. The van der Waals surface area contributed by atoms with E-state index in [4.69, 9.17) is 4.74 Å². The van der Waals surface area contributed by atoms with E-state index in [1.165, 1.54) is 29.0 Å². The first-order valence-corrected chi connectivity index (χ1v) is 11.4. The lowest BCUT2D eigenvalue weighted by molar-refractivity contribution is -0.116. The molecule has 0 fully saturated rings. The molecule has 6 nitrogen and oxygen atoms in total. The van der Waals surface area contributed by atoms with Crippen molar-refractivity contribution < 1.29 is 17.9 Å². The normalized spacial score (nSPS) is 14.7. The number of hydrogen-bond donors (Lipinski definition) is 1. The number of hydrogen-bond acceptors (Lipinski definition) is 4. The zero-order valence-corrected chi connectivity index (χ0v) is 17.1. The summed E-state index contributed by atoms with van der Waals surface area (Å²) in [5.41, 5.74) is 2.00. The van der Waals surface area contributed by atoms with Gasteiger partial charge in [-0.3, -0.25) is 4.79 Å². The molecule has 7 heteroatoms. The average Bonchev–Trinajstić information content (AvgIpc) is 2.63. The van der Waals surface area contributed by atoms with Gasteiger partial charge in [-0.1, -0.05) is 11.6 Å². The summed E-state index contributed by atoms with van der Waals surface area (Å²) >= 11 is 0. The summed E-state index contributed by atoms with van der Waals surface area (Å²) in [7, 11) is -3.34. The molecule has 27 heavy (non-hydrogen) atoms. The molecule has 0 heterocycles. The molecular formula is C20H30N2O4S. The Bertz CT molecular complexity index is 742. The molecule has 0 spiro atoms. The third-order valence-corrected chi connectivity index (χ3v) is 5.88. The molecule has 0 atom stereocenters. The third kappa shape index (κ3) is 7.72. The molecular weight excluding hydrogens is 364 g/mol. The summed E-state index contributed by atoms with van der Waals surface area (Å²) in [5, 5.41) is 2.80. The third-order valence-electron chi connectivity index (χ3n) is 4.57. The predicted octanol–water partition coefficient (Wildman–Crippen LogP) is 3.57. The van der Waals surface area contributed by atoms with Crippen molar-refractivity contribution in [1.29, 1.82) is 0 Å². The Morgan fingerprint density at radius 1 is 1.19 bits per heavy atom. The number of nitrogens with zero attached hydrogens (tertiary/aromatic N) is 1. The second-order valence-electron chi connectivity index (χ2n) is 6.78. The first-order valence-electron chi connectivity index (χ1n) is 9.54. The number of carbonyl (C=O) groups excluding carboxylic acids is 1. The molecule has 1 aromatic carbocycles. The van der Waals surface area contributed by atoms with E-state index >= 15 is 0 Å². The number of nitrogens with one attached hydrogen (secondary N) is 1. The molecule has 2 rings (SSSR count). The molecule has 0 saturated heterocycles. The topological polar surface area (TPSA) is 75.7 Å². The number of ether oxygens (including phenoxy) is 1. The zero-order chi connectivity index (χ0) is 19.7. The molecule has 1 aromatic rings. The maximum Gasteiger partial charge on any atom is 0.225 e. The number of carbonyl (C=O) groups is 1. The molecule has 0 aromatic heterocycles. The number of amides is 1. The maximum atomic E-state index is 12.2. The minimum Gasteiger partial charge on any atom is -0.494 e. The molecule has 0 bridgehead atoms. The molecule has 1 aliphatic rings. The lowest BCUT2D eigenvalue weighted by atomic mass is 9.97. The Labute approximate surface area is 162 Å². The van der Waals surface area contributed by atoms with Gasteiger partial charge in [-0.15, -0.1) is 0 Å². The fraction of sp³-hybridized carbons (Fsp3) is 0.550. The van der Waals surface area contributed by atoms with Gasteiger partial charge in [0.05, 0.1) is 12.9 Å². The van der Waals surface area contributed by atoms with Gasteiger partial charge in [0.25, 0.3) is 0 Å². The van der Waals surface area contributed by atoms with E-state index < -0.39 is 10.0 Å². The van der Waals surface area contributed by atoms with Crippen molar-refractivity contribution in [1.82, 2.24) is 4.31 Å². The van der Waals surface area contributed by atoms with E-state index in [0.717, 1.165) is 25.0 Å². The first kappa shape index (κ1) is 21.4. The van der Waals surface area contributed by atoms with Gasteiger partial charge in [0.2, 0.25) is 15.9 Å². The fourth-order valence-electron chi connectivity index (χ4n) is 3.09. The van der Waals surface area contributed by atoms with Gasteiger partial charge in [0.15, 0.2) is 0 Å². The Balaban J connectivity index is 1.84. The predicted molar refractivity (Wildman–Crippen MR) is 108 cm³/mol. The van der Waals surface area contributed by atoms with E-state index in [9.17, 15) is 13.2 Å². The van der Waals surface area contributed by atoms with Crippen LogP contribution in [0.25, 0.3) is 0 Å². The van der Waals surface area contributed by atoms with Crippen LogP contribution in [-0.2, 0) is 14.8 Å². The second-order valence-corrected chi connectivity index (χ2v) is 8.76. The van der Waals surface area contributed by atoms with Crippen LogP contribution < -0.4 is 10.1 Å². The highest BCUT2D eigenvalue weighted by Gasteiger charge is 2.18. The van der Waals surface area contributed by atoms with Crippen LogP contribution in [0.2, 0.25) is 0 Å². The van der Waals surface area contributed by atoms with Gasteiger partial charge in [0.1, 0.15) is 5.75 Å². The summed E-state index contributed by atoms with van der Waals surface area (Å²) in [6.07, 6.45) is 8.82. The molecule has 1 amide bonds. The van der Waals surface area contributed by atoms with Gasteiger partial charge >= 0.3 is 0 Å². The largest absolute Gasteiger partial charge is 0.494 e. The van der Waals surface area contributed by atoms with Crippen LogP contribution in [0.3, 0.4) is 0 Å². The van der Waals surface area contributed by atoms with Gasteiger partial charge in [-0.05, 0) is 63.3 Å². The minimum atomic E-state index is -3.34. The number of allylic oxidation sites excluding steroid dienone is 1. The van der Waals surface area contributed by atoms with Crippen LogP contribution in [0.4, 0.5) is 5.69 Å². The number of sulfonamides is 1. The number of anilines is 1. The maximum absolute atomic E-state index is 12.2. The molecule has 1 N–H and O–H groups in total. The molecule has 1 aliphatic carbocycles. The van der Waals surface area contributed by atoms with Crippen LogP contribution in [-0.4, -0.2) is 44.6 Å². The zero-order valence-electron chi connectivity index (χ0n) is 16.2. The molecule has 0 radical (unpaired) electrons. The monoisotopic (exact) mass is 394 g/mol. The van der Waals surface area contributed by atoms with Crippen LogP contribution in [0.15, 0.2) is 35.9 Å². The second kappa shape index (κ2) is 10.5. The Morgan fingerprint density at radius 2 is 1.93 bits per heavy atom. The minimum absolute atomic E-state index is 0.124. The van der Waals surface area contributed by atoms with Crippen molar-refractivity contribution in [2.45, 2.75) is 45.4 Å². The lowest BCUT2D eigenvalue weighted by Crippen LogP contribution is -2.34. The number of benzene rings is 1. The molecule has 0 unspecified atom stereocenters. The molecule has 0 saturated carbocycles. The van der Waals surface area contributed by atoms with Crippen molar-refractivity contribution in [3.63, 3.8) is 0 Å². The smallest absolute Gasteiger partial charge is 0.225 e. The SMILES string of the molecule is CCOc1ccc(NC(=O)CCN(CCC2=CCCCC2)S(C)(=O)=O)cc1. The van der Waals surface area contributed by atoms with E-state index in [-0.39, 0.29) is 18.9 Å². The summed E-state index contributed by atoms with van der Waals surface area (Å²) in [6.45, 7) is 3.12. The fourth-order valence-corrected chi connectivity index (χ4v) is 3.94. The summed E-state index contributed by atoms with van der Waals surface area (Å²) in [5.74, 6) is 0.542. The van der Waals surface area contributed by atoms with Gasteiger partial charge < -0.3 is 10.1 Å². The van der Waals surface area contributed by atoms with E-state index in [1.54, 1.807) is 24.3 Å². The van der Waals surface area contributed by atoms with Gasteiger partial charge in [0, 0.05) is 25.2 Å². The van der Waals surface area contributed by atoms with Gasteiger partial charge in [-0.2, -0.15) is 0 Å². The highest BCUT2D eigenvalue weighted by atomic mass is 32.2. The van der Waals surface area contributed by atoms with Crippen LogP contribution in [0.5, 0.6) is 5.75 Å². The average molecular weight is 395 g/mol. The standard InChI is InChI=1S/C20H30N2O4S/c1-3-26-19-11-9-18(10-12-19)21-20(23)14-16-22(27(2,24)25)15-13-17-7-5-4-6-8-17/h7,9-12H,3-6,8,13-16H2,1-2H3,(H,21,23). The first-order chi connectivity index (χ1) is 12.9. The van der Waals surface area contributed by atoms with E-state index in [0.29, 0.717) is 18.8 Å². The Hall–Kier alpha value is -1.86. The van der Waals surface area contributed by atoms with Crippen molar-refractivity contribution in [2.24, 2.45) is 0 Å². The van der Waals surface area contributed by atoms with E-state index in [1.807, 2.05) is 6.92 Å². The highest BCUT2D eigenvalue weighted by Crippen LogP contribution is 2.21. The van der Waals surface area contributed by atoms with Crippen molar-refractivity contribution in [2.75, 3.05) is 31.3 Å². The summed E-state index contributed by atoms with van der Waals surface area (Å²) in [6, 6.07) is 7.12. The van der Waals surface area contributed by atoms with E-state index in [2.05, 4.69) is 11.4 Å². The van der Waals surface area contributed by atoms with Crippen LogP contribution in [0.1, 0.15) is 45.4 Å². The summed E-state index contributed by atoms with van der Waals surface area (Å²) < 4.78 is 30.8. The van der Waals surface area contributed by atoms with Crippen molar-refractivity contribution >= 4 is 21.6 Å². The lowest BCUT2D eigenvalue weighted by Gasteiger charge is -2.21. The van der Waals surface area contributed by atoms with Crippen LogP contribution in [0, 0.1) is 0 Å². The molecule has 150 valence electrons. The van der Waals surface area contributed by atoms with Crippen LogP contribution >= 0.6 is 0 Å². The van der Waals surface area contributed by atoms with Crippen molar-refractivity contribution in [3.05, 3.63) is 35.9 Å². The highest BCUT2D eigenvalue weighted by molar-refractivity contribution is 7.88. The van der Waals surface area contributed by atoms with Gasteiger partial charge in [-0.25, -0.2) is 12.7 Å².